The Kier molecular flexibility index (Phi) is 5.18. The van der Waals surface area contributed by atoms with E-state index in [1.165, 1.54) is 0 Å². The van der Waals surface area contributed by atoms with Crippen molar-refractivity contribution in [2.45, 2.75) is 38.7 Å². The standard InChI is InChI=1S/C21H24N2O3/c1-24-15-19-18-11-10-17(26-14-16-7-3-2-4-8-16)13-20(18)23(22-19)21-9-5-6-12-25-21/h2-4,7-8,10-11,13,21H,5-6,9,12,14-15H2,1H3. The molecule has 5 nitrogen and oxygen atoms in total. The highest BCUT2D eigenvalue weighted by Gasteiger charge is 2.21. The van der Waals surface area contributed by atoms with Crippen molar-refractivity contribution < 1.29 is 14.2 Å². The molecule has 3 aromatic rings. The van der Waals surface area contributed by atoms with E-state index in [-0.39, 0.29) is 6.23 Å². The van der Waals surface area contributed by atoms with Crippen LogP contribution in [0, 0.1) is 0 Å². The van der Waals surface area contributed by atoms with Crippen molar-refractivity contribution in [3.05, 3.63) is 59.8 Å². The lowest BCUT2D eigenvalue weighted by Crippen LogP contribution is -2.19. The fraction of sp³-hybridized carbons (Fsp3) is 0.381. The van der Waals surface area contributed by atoms with Gasteiger partial charge in [-0.05, 0) is 37.0 Å². The summed E-state index contributed by atoms with van der Waals surface area (Å²) in [6.45, 7) is 1.82. The number of methoxy groups -OCH3 is 1. The first-order chi connectivity index (χ1) is 12.8. The normalized spacial score (nSPS) is 17.5. The molecule has 0 saturated carbocycles. The summed E-state index contributed by atoms with van der Waals surface area (Å²) in [5.41, 5.74) is 3.12. The van der Waals surface area contributed by atoms with E-state index in [4.69, 9.17) is 19.3 Å². The minimum Gasteiger partial charge on any atom is -0.489 e. The van der Waals surface area contributed by atoms with Gasteiger partial charge in [-0.3, -0.25) is 0 Å². The Hall–Kier alpha value is -2.37. The highest BCUT2D eigenvalue weighted by molar-refractivity contribution is 5.83. The predicted molar refractivity (Wildman–Crippen MR) is 100 cm³/mol. The average molecular weight is 352 g/mol. The van der Waals surface area contributed by atoms with Gasteiger partial charge in [0, 0.05) is 25.2 Å². The van der Waals surface area contributed by atoms with Gasteiger partial charge >= 0.3 is 0 Å². The minimum absolute atomic E-state index is 0.0128. The molecule has 4 rings (SSSR count). The molecule has 0 bridgehead atoms. The number of hydrogen-bond donors (Lipinski definition) is 0. The van der Waals surface area contributed by atoms with Crippen molar-refractivity contribution in [2.75, 3.05) is 13.7 Å². The third-order valence-corrected chi connectivity index (χ3v) is 4.71. The fourth-order valence-corrected chi connectivity index (χ4v) is 3.39. The first-order valence-corrected chi connectivity index (χ1v) is 9.13. The van der Waals surface area contributed by atoms with Gasteiger partial charge in [-0.1, -0.05) is 30.3 Å². The highest BCUT2D eigenvalue weighted by atomic mass is 16.5. The summed E-state index contributed by atoms with van der Waals surface area (Å²) in [6, 6.07) is 16.3. The van der Waals surface area contributed by atoms with Gasteiger partial charge in [-0.2, -0.15) is 5.10 Å². The quantitative estimate of drug-likeness (QED) is 0.657. The molecule has 1 aliphatic rings. The second-order valence-corrected chi connectivity index (χ2v) is 6.60. The van der Waals surface area contributed by atoms with E-state index in [1.54, 1.807) is 7.11 Å². The number of rotatable bonds is 6. The lowest BCUT2D eigenvalue weighted by atomic mass is 10.1. The molecule has 0 radical (unpaired) electrons. The molecule has 26 heavy (non-hydrogen) atoms. The highest BCUT2D eigenvalue weighted by Crippen LogP contribution is 2.31. The topological polar surface area (TPSA) is 45.5 Å². The monoisotopic (exact) mass is 352 g/mol. The zero-order valence-corrected chi connectivity index (χ0v) is 15.1. The molecule has 1 fully saturated rings. The SMILES string of the molecule is COCc1nn(C2CCCCO2)c2cc(OCc3ccccc3)ccc12. The van der Waals surface area contributed by atoms with Crippen LogP contribution in [0.25, 0.3) is 10.9 Å². The first kappa shape index (κ1) is 17.1. The molecular weight excluding hydrogens is 328 g/mol. The first-order valence-electron chi connectivity index (χ1n) is 9.13. The Labute approximate surface area is 153 Å². The number of hydrogen-bond acceptors (Lipinski definition) is 4. The lowest BCUT2D eigenvalue weighted by molar-refractivity contribution is -0.0371. The Morgan fingerprint density at radius 3 is 2.77 bits per heavy atom. The maximum absolute atomic E-state index is 6.00. The van der Waals surface area contributed by atoms with Crippen molar-refractivity contribution in [1.82, 2.24) is 9.78 Å². The maximum atomic E-state index is 6.00. The smallest absolute Gasteiger partial charge is 0.150 e. The van der Waals surface area contributed by atoms with Gasteiger partial charge in [-0.25, -0.2) is 4.68 Å². The second kappa shape index (κ2) is 7.89. The molecule has 1 aliphatic heterocycles. The number of nitrogens with zero attached hydrogens (tertiary/aromatic N) is 2. The Balaban J connectivity index is 1.64. The molecule has 136 valence electrons. The third kappa shape index (κ3) is 3.59. The van der Waals surface area contributed by atoms with E-state index < -0.39 is 0 Å². The molecule has 2 heterocycles. The van der Waals surface area contributed by atoms with Crippen LogP contribution in [0.3, 0.4) is 0 Å². The van der Waals surface area contributed by atoms with E-state index >= 15 is 0 Å². The zero-order valence-electron chi connectivity index (χ0n) is 15.1. The molecule has 1 aromatic heterocycles. The van der Waals surface area contributed by atoms with E-state index in [0.29, 0.717) is 13.2 Å². The van der Waals surface area contributed by atoms with Gasteiger partial charge in [0.2, 0.25) is 0 Å². The lowest BCUT2D eigenvalue weighted by Gasteiger charge is -2.23. The van der Waals surface area contributed by atoms with Crippen LogP contribution in [0.5, 0.6) is 5.75 Å². The van der Waals surface area contributed by atoms with Gasteiger partial charge in [0.05, 0.1) is 17.8 Å². The number of benzene rings is 2. The molecule has 0 N–H and O–H groups in total. The van der Waals surface area contributed by atoms with Crippen LogP contribution in [0.4, 0.5) is 0 Å². The van der Waals surface area contributed by atoms with Crippen molar-refractivity contribution >= 4 is 10.9 Å². The van der Waals surface area contributed by atoms with Crippen LogP contribution < -0.4 is 4.74 Å². The molecule has 5 heteroatoms. The van der Waals surface area contributed by atoms with Gasteiger partial charge in [0.25, 0.3) is 0 Å². The fourth-order valence-electron chi connectivity index (χ4n) is 3.39. The van der Waals surface area contributed by atoms with E-state index in [1.807, 2.05) is 28.9 Å². The largest absolute Gasteiger partial charge is 0.489 e. The third-order valence-electron chi connectivity index (χ3n) is 4.71. The summed E-state index contributed by atoms with van der Waals surface area (Å²) < 4.78 is 19.3. The van der Waals surface area contributed by atoms with E-state index in [2.05, 4.69) is 24.3 Å². The maximum Gasteiger partial charge on any atom is 0.150 e. The summed E-state index contributed by atoms with van der Waals surface area (Å²) in [5, 5.41) is 5.86. The van der Waals surface area contributed by atoms with E-state index in [0.717, 1.165) is 53.8 Å². The molecule has 2 aromatic carbocycles. The van der Waals surface area contributed by atoms with Gasteiger partial charge < -0.3 is 14.2 Å². The molecule has 0 spiro atoms. The zero-order chi connectivity index (χ0) is 17.8. The number of aromatic nitrogens is 2. The van der Waals surface area contributed by atoms with Gasteiger partial charge in [-0.15, -0.1) is 0 Å². The van der Waals surface area contributed by atoms with Gasteiger partial charge in [0.15, 0.2) is 6.23 Å². The molecule has 0 amide bonds. The molecule has 1 saturated heterocycles. The Morgan fingerprint density at radius 2 is 2.00 bits per heavy atom. The molecular formula is C21H24N2O3. The van der Waals surface area contributed by atoms with Crippen LogP contribution >= 0.6 is 0 Å². The summed E-state index contributed by atoms with van der Waals surface area (Å²) in [7, 11) is 1.69. The summed E-state index contributed by atoms with van der Waals surface area (Å²) >= 11 is 0. The molecule has 0 aliphatic carbocycles. The predicted octanol–water partition coefficient (Wildman–Crippen LogP) is 4.46. The summed E-state index contributed by atoms with van der Waals surface area (Å²) in [4.78, 5) is 0. The van der Waals surface area contributed by atoms with Crippen LogP contribution in [0.15, 0.2) is 48.5 Å². The summed E-state index contributed by atoms with van der Waals surface area (Å²) in [5.74, 6) is 0.835. The van der Waals surface area contributed by atoms with Crippen LogP contribution in [0.1, 0.15) is 36.7 Å². The van der Waals surface area contributed by atoms with Gasteiger partial charge in [0.1, 0.15) is 12.4 Å². The second-order valence-electron chi connectivity index (χ2n) is 6.60. The average Bonchev–Trinajstić information content (AvgIpc) is 3.06. The van der Waals surface area contributed by atoms with Crippen LogP contribution in [-0.4, -0.2) is 23.5 Å². The molecule has 1 unspecified atom stereocenters. The van der Waals surface area contributed by atoms with Crippen molar-refractivity contribution in [1.29, 1.82) is 0 Å². The van der Waals surface area contributed by atoms with Crippen molar-refractivity contribution in [2.24, 2.45) is 0 Å². The van der Waals surface area contributed by atoms with E-state index in [9.17, 15) is 0 Å². The van der Waals surface area contributed by atoms with Crippen molar-refractivity contribution in [3.8, 4) is 5.75 Å². The van der Waals surface area contributed by atoms with Crippen LogP contribution in [-0.2, 0) is 22.7 Å². The minimum atomic E-state index is -0.0128. The van der Waals surface area contributed by atoms with Crippen molar-refractivity contribution in [3.63, 3.8) is 0 Å². The number of fused-ring (bicyclic) bond motifs is 1. The van der Waals surface area contributed by atoms with Crippen LogP contribution in [0.2, 0.25) is 0 Å². The number of ether oxygens (including phenoxy) is 3. The Bertz CT molecular complexity index is 854. The summed E-state index contributed by atoms with van der Waals surface area (Å²) in [6.07, 6.45) is 3.25. The molecule has 1 atom stereocenters. The Morgan fingerprint density at radius 1 is 1.12 bits per heavy atom.